The Labute approximate surface area is 141 Å². The highest BCUT2D eigenvalue weighted by Crippen LogP contribution is 2.21. The zero-order valence-electron chi connectivity index (χ0n) is 13.8. The van der Waals surface area contributed by atoms with Crippen LogP contribution in [0, 0.1) is 5.92 Å². The number of benzene rings is 1. The molecule has 1 fully saturated rings. The number of hydrogen-bond acceptors (Lipinski definition) is 4. The highest BCUT2D eigenvalue weighted by molar-refractivity contribution is 5.93. The van der Waals surface area contributed by atoms with E-state index in [2.05, 4.69) is 17.5 Å². The van der Waals surface area contributed by atoms with Crippen molar-refractivity contribution in [1.29, 1.82) is 0 Å². The van der Waals surface area contributed by atoms with Gasteiger partial charge in [0.2, 0.25) is 0 Å². The molecule has 24 heavy (non-hydrogen) atoms. The fraction of sp³-hybridized carbons (Fsp3) is 0.368. The van der Waals surface area contributed by atoms with Gasteiger partial charge in [-0.15, -0.1) is 0 Å². The van der Waals surface area contributed by atoms with Gasteiger partial charge < -0.3 is 9.15 Å². The number of nitrogens with zero attached hydrogens (tertiary/aromatic N) is 1. The summed E-state index contributed by atoms with van der Waals surface area (Å²) in [5.74, 6) is 1.92. The number of ether oxygens (including phenoxy) is 1. The van der Waals surface area contributed by atoms with E-state index in [9.17, 15) is 4.79 Å². The smallest absolute Gasteiger partial charge is 0.307 e. The van der Waals surface area contributed by atoms with Crippen molar-refractivity contribution in [1.82, 2.24) is 5.43 Å². The van der Waals surface area contributed by atoms with Crippen LogP contribution in [-0.4, -0.2) is 11.6 Å². The van der Waals surface area contributed by atoms with Gasteiger partial charge in [0.15, 0.2) is 5.76 Å². The summed E-state index contributed by atoms with van der Waals surface area (Å²) >= 11 is 0. The molecule has 1 aromatic heterocycles. The summed E-state index contributed by atoms with van der Waals surface area (Å²) in [6.45, 7) is 2.49. The molecule has 1 amide bonds. The molecule has 126 valence electrons. The third kappa shape index (κ3) is 4.47. The van der Waals surface area contributed by atoms with Gasteiger partial charge in [-0.1, -0.05) is 25.1 Å². The third-order valence-corrected chi connectivity index (χ3v) is 4.07. The summed E-state index contributed by atoms with van der Waals surface area (Å²) in [6, 6.07) is 12.9. The molecule has 1 aromatic carbocycles. The number of amides is 1. The van der Waals surface area contributed by atoms with E-state index in [1.165, 1.54) is 6.42 Å². The number of hydrogen-bond donors (Lipinski definition) is 1. The highest BCUT2D eigenvalue weighted by Gasteiger charge is 2.15. The minimum atomic E-state index is -0.327. The number of nitrogens with one attached hydrogen (secondary N) is 1. The van der Waals surface area contributed by atoms with Crippen molar-refractivity contribution in [3.63, 3.8) is 0 Å². The van der Waals surface area contributed by atoms with Crippen LogP contribution in [0.1, 0.15) is 48.9 Å². The summed E-state index contributed by atoms with van der Waals surface area (Å²) in [5.41, 5.74) is 3.65. The lowest BCUT2D eigenvalue weighted by Gasteiger charge is -2.18. The second-order valence-electron chi connectivity index (χ2n) is 6.19. The first-order chi connectivity index (χ1) is 11.7. The van der Waals surface area contributed by atoms with Gasteiger partial charge in [0.1, 0.15) is 18.1 Å². The fourth-order valence-corrected chi connectivity index (χ4v) is 2.80. The summed E-state index contributed by atoms with van der Waals surface area (Å²) in [5, 5.41) is 4.24. The molecule has 0 radical (unpaired) electrons. The number of para-hydroxylation sites is 1. The summed E-state index contributed by atoms with van der Waals surface area (Å²) in [6.07, 6.45) is 4.28. The van der Waals surface area contributed by atoms with Gasteiger partial charge >= 0.3 is 5.91 Å². The number of rotatable bonds is 5. The summed E-state index contributed by atoms with van der Waals surface area (Å²) in [4.78, 5) is 12.1. The Kier molecular flexibility index (Phi) is 5.31. The van der Waals surface area contributed by atoms with Crippen LogP contribution in [0.5, 0.6) is 5.75 Å². The molecule has 0 aliphatic heterocycles. The van der Waals surface area contributed by atoms with Crippen LogP contribution < -0.4 is 10.2 Å². The average molecular weight is 326 g/mol. The SMILES string of the molecule is C[C@H]1CCC/C(=N\NC(=O)c2ccc(COc3ccccc3)o2)C1. The Hall–Kier alpha value is -2.56. The monoisotopic (exact) mass is 326 g/mol. The molecule has 3 rings (SSSR count). The standard InChI is InChI=1S/C19H22N2O3/c1-14-6-5-7-15(12-14)20-21-19(22)18-11-10-17(24-18)13-23-16-8-3-2-4-9-16/h2-4,8-11,14H,5-7,12-13H2,1H3,(H,21,22)/b20-15+/t14-/m0/s1. The van der Waals surface area contributed by atoms with E-state index in [1.807, 2.05) is 30.3 Å². The van der Waals surface area contributed by atoms with Gasteiger partial charge in [0.25, 0.3) is 0 Å². The zero-order valence-corrected chi connectivity index (χ0v) is 13.8. The van der Waals surface area contributed by atoms with Gasteiger partial charge in [-0.3, -0.25) is 4.79 Å². The van der Waals surface area contributed by atoms with Gasteiger partial charge in [-0.2, -0.15) is 5.10 Å². The molecular weight excluding hydrogens is 304 g/mol. The maximum absolute atomic E-state index is 12.1. The van der Waals surface area contributed by atoms with E-state index in [1.54, 1.807) is 12.1 Å². The van der Waals surface area contributed by atoms with E-state index in [4.69, 9.17) is 9.15 Å². The normalized spacial score (nSPS) is 19.2. The van der Waals surface area contributed by atoms with E-state index < -0.39 is 0 Å². The van der Waals surface area contributed by atoms with E-state index in [0.717, 1.165) is 30.7 Å². The lowest BCUT2D eigenvalue weighted by Crippen LogP contribution is -2.21. The largest absolute Gasteiger partial charge is 0.486 e. The van der Waals surface area contributed by atoms with Crippen LogP contribution in [0.15, 0.2) is 52.0 Å². The molecule has 1 atom stereocenters. The molecular formula is C19H22N2O3. The van der Waals surface area contributed by atoms with Crippen molar-refractivity contribution in [2.24, 2.45) is 11.0 Å². The lowest BCUT2D eigenvalue weighted by molar-refractivity contribution is 0.0922. The first kappa shape index (κ1) is 16.3. The maximum atomic E-state index is 12.1. The second kappa shape index (κ2) is 7.81. The van der Waals surface area contributed by atoms with Crippen molar-refractivity contribution in [2.75, 3.05) is 0 Å². The van der Waals surface area contributed by atoms with Crippen LogP contribution >= 0.6 is 0 Å². The molecule has 1 aliphatic rings. The number of hydrazone groups is 1. The summed E-state index contributed by atoms with van der Waals surface area (Å²) < 4.78 is 11.1. The van der Waals surface area contributed by atoms with Crippen LogP contribution in [0.25, 0.3) is 0 Å². The van der Waals surface area contributed by atoms with E-state index >= 15 is 0 Å². The van der Waals surface area contributed by atoms with Crippen molar-refractivity contribution < 1.29 is 13.9 Å². The van der Waals surface area contributed by atoms with Gasteiger partial charge in [0.05, 0.1) is 0 Å². The number of carbonyl (C=O) groups is 1. The summed E-state index contributed by atoms with van der Waals surface area (Å²) in [7, 11) is 0. The molecule has 0 saturated heterocycles. The minimum Gasteiger partial charge on any atom is -0.486 e. The fourth-order valence-electron chi connectivity index (χ4n) is 2.80. The van der Waals surface area contributed by atoms with Crippen molar-refractivity contribution in [3.8, 4) is 5.75 Å². The zero-order chi connectivity index (χ0) is 16.8. The van der Waals surface area contributed by atoms with Crippen LogP contribution in [0.2, 0.25) is 0 Å². The quantitative estimate of drug-likeness (QED) is 0.839. The molecule has 0 spiro atoms. The third-order valence-electron chi connectivity index (χ3n) is 4.07. The second-order valence-corrected chi connectivity index (χ2v) is 6.19. The van der Waals surface area contributed by atoms with Gasteiger partial charge in [-0.05, 0) is 55.9 Å². The van der Waals surface area contributed by atoms with Crippen LogP contribution in [0.4, 0.5) is 0 Å². The number of furan rings is 1. The molecule has 1 N–H and O–H groups in total. The maximum Gasteiger partial charge on any atom is 0.307 e. The predicted octanol–water partition coefficient (Wildman–Crippen LogP) is 4.15. The van der Waals surface area contributed by atoms with E-state index in [0.29, 0.717) is 11.7 Å². The molecule has 5 heteroatoms. The molecule has 2 aromatic rings. The molecule has 1 heterocycles. The first-order valence-electron chi connectivity index (χ1n) is 8.33. The van der Waals surface area contributed by atoms with Crippen molar-refractivity contribution in [3.05, 3.63) is 54.0 Å². The topological polar surface area (TPSA) is 63.8 Å². The number of carbonyl (C=O) groups excluding carboxylic acids is 1. The van der Waals surface area contributed by atoms with Gasteiger partial charge in [0, 0.05) is 5.71 Å². The predicted molar refractivity (Wildman–Crippen MR) is 92.0 cm³/mol. The van der Waals surface area contributed by atoms with Crippen LogP contribution in [0.3, 0.4) is 0 Å². The van der Waals surface area contributed by atoms with Crippen molar-refractivity contribution >= 4 is 11.6 Å². The van der Waals surface area contributed by atoms with E-state index in [-0.39, 0.29) is 18.3 Å². The Balaban J connectivity index is 1.53. The molecule has 0 unspecified atom stereocenters. The lowest BCUT2D eigenvalue weighted by atomic mass is 9.89. The Morgan fingerprint density at radius 2 is 2.12 bits per heavy atom. The average Bonchev–Trinajstić information content (AvgIpc) is 3.08. The molecule has 5 nitrogen and oxygen atoms in total. The van der Waals surface area contributed by atoms with Crippen molar-refractivity contribution in [2.45, 2.75) is 39.2 Å². The minimum absolute atomic E-state index is 0.245. The Morgan fingerprint density at radius 1 is 1.29 bits per heavy atom. The molecule has 1 aliphatic carbocycles. The Bertz CT molecular complexity index is 706. The van der Waals surface area contributed by atoms with Crippen LogP contribution in [-0.2, 0) is 6.61 Å². The highest BCUT2D eigenvalue weighted by atomic mass is 16.5. The molecule has 0 bridgehead atoms. The first-order valence-corrected chi connectivity index (χ1v) is 8.33. The molecule has 1 saturated carbocycles. The van der Waals surface area contributed by atoms with Gasteiger partial charge in [-0.25, -0.2) is 5.43 Å². The Morgan fingerprint density at radius 3 is 2.92 bits per heavy atom.